The third-order valence-corrected chi connectivity index (χ3v) is 1.66. The molecule has 0 unspecified atom stereocenters. The Labute approximate surface area is 94.6 Å². The highest BCUT2D eigenvalue weighted by Gasteiger charge is 2.06. The maximum absolute atomic E-state index is 11.5. The standard InChI is InChI=1S/C11H14N4O/c1-15(2)14-11(16)10-6-5-9(8-13-10)4-3-7-12/h5-6,8H,7,12H2,1-2H3,(H,14,16). The van der Waals surface area contributed by atoms with Gasteiger partial charge in [0.15, 0.2) is 0 Å². The van der Waals surface area contributed by atoms with Crippen LogP contribution in [0.15, 0.2) is 18.3 Å². The molecule has 0 spiro atoms. The number of carbonyl (C=O) groups is 1. The molecule has 0 aliphatic heterocycles. The number of amides is 1. The Morgan fingerprint density at radius 1 is 1.56 bits per heavy atom. The SMILES string of the molecule is CN(C)NC(=O)c1ccc(C#CCN)cn1. The monoisotopic (exact) mass is 218 g/mol. The summed E-state index contributed by atoms with van der Waals surface area (Å²) >= 11 is 0. The second kappa shape index (κ2) is 5.85. The zero-order valence-electron chi connectivity index (χ0n) is 9.32. The van der Waals surface area contributed by atoms with E-state index in [0.717, 1.165) is 5.56 Å². The van der Waals surface area contributed by atoms with Gasteiger partial charge in [0, 0.05) is 25.9 Å². The summed E-state index contributed by atoms with van der Waals surface area (Å²) < 4.78 is 0. The molecular weight excluding hydrogens is 204 g/mol. The second-order valence-corrected chi connectivity index (χ2v) is 3.27. The van der Waals surface area contributed by atoms with Gasteiger partial charge in [0.2, 0.25) is 0 Å². The molecule has 3 N–H and O–H groups in total. The summed E-state index contributed by atoms with van der Waals surface area (Å²) in [5.74, 6) is 5.30. The number of rotatable bonds is 2. The van der Waals surface area contributed by atoms with E-state index in [0.29, 0.717) is 12.2 Å². The predicted octanol–water partition coefficient (Wildman–Crippen LogP) is -0.402. The summed E-state index contributed by atoms with van der Waals surface area (Å²) in [6.07, 6.45) is 1.55. The first-order chi connectivity index (χ1) is 7.63. The third-order valence-electron chi connectivity index (χ3n) is 1.66. The van der Waals surface area contributed by atoms with E-state index in [1.165, 1.54) is 0 Å². The Bertz CT molecular complexity index is 414. The Kier molecular flexibility index (Phi) is 4.45. The highest BCUT2D eigenvalue weighted by Crippen LogP contribution is 1.98. The maximum atomic E-state index is 11.5. The van der Waals surface area contributed by atoms with Gasteiger partial charge in [-0.3, -0.25) is 10.2 Å². The molecule has 0 fully saturated rings. The molecular formula is C11H14N4O. The van der Waals surface area contributed by atoms with Crippen LogP contribution in [-0.2, 0) is 0 Å². The average Bonchev–Trinajstić information content (AvgIpc) is 2.26. The van der Waals surface area contributed by atoms with E-state index in [9.17, 15) is 4.79 Å². The summed E-state index contributed by atoms with van der Waals surface area (Å²) in [6.45, 7) is 0.308. The Morgan fingerprint density at radius 3 is 2.81 bits per heavy atom. The fraction of sp³-hybridized carbons (Fsp3) is 0.273. The van der Waals surface area contributed by atoms with Crippen LogP contribution in [0, 0.1) is 11.8 Å². The van der Waals surface area contributed by atoms with Crippen molar-refractivity contribution in [3.8, 4) is 11.8 Å². The molecule has 0 saturated carbocycles. The van der Waals surface area contributed by atoms with Gasteiger partial charge in [-0.25, -0.2) is 9.99 Å². The molecule has 1 rings (SSSR count). The first-order valence-corrected chi connectivity index (χ1v) is 4.77. The molecule has 1 amide bonds. The number of aromatic nitrogens is 1. The molecule has 1 aromatic rings. The van der Waals surface area contributed by atoms with Crippen molar-refractivity contribution in [3.05, 3.63) is 29.6 Å². The lowest BCUT2D eigenvalue weighted by atomic mass is 10.2. The minimum Gasteiger partial charge on any atom is -0.320 e. The minimum atomic E-state index is -0.247. The van der Waals surface area contributed by atoms with Gasteiger partial charge < -0.3 is 5.73 Å². The van der Waals surface area contributed by atoms with Crippen molar-refractivity contribution in [2.45, 2.75) is 0 Å². The number of hydrogen-bond acceptors (Lipinski definition) is 4. The molecule has 0 aliphatic carbocycles. The second-order valence-electron chi connectivity index (χ2n) is 3.27. The van der Waals surface area contributed by atoms with Crippen LogP contribution >= 0.6 is 0 Å². The average molecular weight is 218 g/mol. The molecule has 0 bridgehead atoms. The van der Waals surface area contributed by atoms with Crippen LogP contribution in [0.25, 0.3) is 0 Å². The lowest BCUT2D eigenvalue weighted by Gasteiger charge is -2.10. The predicted molar refractivity (Wildman–Crippen MR) is 61.3 cm³/mol. The summed E-state index contributed by atoms with van der Waals surface area (Å²) in [6, 6.07) is 3.36. The van der Waals surface area contributed by atoms with Crippen LogP contribution in [-0.4, -0.2) is 36.5 Å². The molecule has 5 nitrogen and oxygen atoms in total. The number of nitrogens with two attached hydrogens (primary N) is 1. The van der Waals surface area contributed by atoms with Crippen molar-refractivity contribution >= 4 is 5.91 Å². The van der Waals surface area contributed by atoms with E-state index in [1.807, 2.05) is 0 Å². The van der Waals surface area contributed by atoms with Crippen LogP contribution < -0.4 is 11.2 Å². The zero-order chi connectivity index (χ0) is 12.0. The summed E-state index contributed by atoms with van der Waals surface area (Å²) in [5.41, 5.74) is 8.94. The molecule has 1 heterocycles. The van der Waals surface area contributed by atoms with Gasteiger partial charge in [-0.05, 0) is 12.1 Å². The number of pyridine rings is 1. The first kappa shape index (κ1) is 12.2. The van der Waals surface area contributed by atoms with E-state index in [-0.39, 0.29) is 5.91 Å². The van der Waals surface area contributed by atoms with Crippen LogP contribution in [0.2, 0.25) is 0 Å². The zero-order valence-corrected chi connectivity index (χ0v) is 9.32. The maximum Gasteiger partial charge on any atom is 0.284 e. The Balaban J connectivity index is 2.74. The number of nitrogens with one attached hydrogen (secondary N) is 1. The third kappa shape index (κ3) is 3.69. The topological polar surface area (TPSA) is 71.2 Å². The fourth-order valence-electron chi connectivity index (χ4n) is 1.02. The van der Waals surface area contributed by atoms with Gasteiger partial charge in [-0.2, -0.15) is 0 Å². The highest BCUT2D eigenvalue weighted by atomic mass is 16.2. The van der Waals surface area contributed by atoms with Crippen molar-refractivity contribution in [3.63, 3.8) is 0 Å². The van der Waals surface area contributed by atoms with Gasteiger partial charge in [0.05, 0.1) is 6.54 Å². The van der Waals surface area contributed by atoms with Gasteiger partial charge in [-0.1, -0.05) is 11.8 Å². The van der Waals surface area contributed by atoms with Crippen molar-refractivity contribution in [1.29, 1.82) is 0 Å². The lowest BCUT2D eigenvalue weighted by Crippen LogP contribution is -2.36. The molecule has 16 heavy (non-hydrogen) atoms. The van der Waals surface area contributed by atoms with Crippen molar-refractivity contribution in [2.75, 3.05) is 20.6 Å². The van der Waals surface area contributed by atoms with Gasteiger partial charge in [0.25, 0.3) is 5.91 Å². The summed E-state index contributed by atoms with van der Waals surface area (Å²) in [7, 11) is 3.47. The van der Waals surface area contributed by atoms with Gasteiger partial charge >= 0.3 is 0 Å². The molecule has 0 aromatic carbocycles. The minimum absolute atomic E-state index is 0.247. The summed E-state index contributed by atoms with van der Waals surface area (Å²) in [5, 5.41) is 1.56. The number of nitrogens with zero attached hydrogens (tertiary/aromatic N) is 2. The van der Waals surface area contributed by atoms with E-state index < -0.39 is 0 Å². The quantitative estimate of drug-likeness (QED) is 0.523. The fourth-order valence-corrected chi connectivity index (χ4v) is 1.02. The lowest BCUT2D eigenvalue weighted by molar-refractivity contribution is 0.0851. The Morgan fingerprint density at radius 2 is 2.31 bits per heavy atom. The van der Waals surface area contributed by atoms with Crippen molar-refractivity contribution < 1.29 is 4.79 Å². The van der Waals surface area contributed by atoms with E-state index in [4.69, 9.17) is 5.73 Å². The molecule has 0 atom stereocenters. The number of hydrogen-bond donors (Lipinski definition) is 2. The normalized spacial score (nSPS) is 9.50. The summed E-state index contributed by atoms with van der Waals surface area (Å²) in [4.78, 5) is 15.5. The van der Waals surface area contributed by atoms with E-state index in [2.05, 4.69) is 22.3 Å². The van der Waals surface area contributed by atoms with Gasteiger partial charge in [0.1, 0.15) is 5.69 Å². The van der Waals surface area contributed by atoms with Crippen molar-refractivity contribution in [2.24, 2.45) is 5.73 Å². The van der Waals surface area contributed by atoms with Crippen LogP contribution in [0.1, 0.15) is 16.1 Å². The number of hydrazine groups is 1. The van der Waals surface area contributed by atoms with Crippen molar-refractivity contribution in [1.82, 2.24) is 15.4 Å². The molecule has 5 heteroatoms. The highest BCUT2D eigenvalue weighted by molar-refractivity contribution is 5.91. The number of carbonyl (C=O) groups excluding carboxylic acids is 1. The Hall–Kier alpha value is -1.90. The molecule has 84 valence electrons. The van der Waals surface area contributed by atoms with E-state index >= 15 is 0 Å². The molecule has 0 saturated heterocycles. The smallest absolute Gasteiger partial charge is 0.284 e. The van der Waals surface area contributed by atoms with E-state index in [1.54, 1.807) is 37.4 Å². The van der Waals surface area contributed by atoms with Gasteiger partial charge in [-0.15, -0.1) is 0 Å². The largest absolute Gasteiger partial charge is 0.320 e. The van der Waals surface area contributed by atoms with Crippen LogP contribution in [0.3, 0.4) is 0 Å². The van der Waals surface area contributed by atoms with Crippen LogP contribution in [0.5, 0.6) is 0 Å². The molecule has 0 radical (unpaired) electrons. The molecule has 1 aromatic heterocycles. The van der Waals surface area contributed by atoms with Crippen LogP contribution in [0.4, 0.5) is 0 Å². The molecule has 0 aliphatic rings. The first-order valence-electron chi connectivity index (χ1n) is 4.77.